The Morgan fingerprint density at radius 2 is 1.76 bits per heavy atom. The van der Waals surface area contributed by atoms with Crippen LogP contribution < -0.4 is 10.5 Å². The highest BCUT2D eigenvalue weighted by Gasteiger charge is 2.30. The summed E-state index contributed by atoms with van der Waals surface area (Å²) in [6.07, 6.45) is 3.37. The van der Waals surface area contributed by atoms with Crippen LogP contribution >= 0.6 is 0 Å². The molecule has 2 aromatic heterocycles. The molecule has 8 heteroatoms. The van der Waals surface area contributed by atoms with Gasteiger partial charge < -0.3 is 10.5 Å². The summed E-state index contributed by atoms with van der Waals surface area (Å²) in [6, 6.07) is 14.2. The first-order valence-corrected chi connectivity index (χ1v) is 11.6. The number of nitrogens with zero attached hydrogens (tertiary/aromatic N) is 5. The van der Waals surface area contributed by atoms with Crippen molar-refractivity contribution in [2.24, 2.45) is 0 Å². The molecule has 0 aliphatic carbocycles. The number of nitrogen functional groups attached to an aromatic ring is 1. The van der Waals surface area contributed by atoms with Crippen LogP contribution in [0, 0.1) is 5.82 Å². The predicted octanol–water partition coefficient (Wildman–Crippen LogP) is 5.44. The average Bonchev–Trinajstić information content (AvgIpc) is 3.22. The van der Waals surface area contributed by atoms with Gasteiger partial charge in [-0.05, 0) is 63.9 Å². The molecule has 0 bridgehead atoms. The van der Waals surface area contributed by atoms with E-state index in [0.29, 0.717) is 33.9 Å². The van der Waals surface area contributed by atoms with Crippen molar-refractivity contribution in [3.05, 3.63) is 60.7 Å². The summed E-state index contributed by atoms with van der Waals surface area (Å²) in [4.78, 5) is 11.2. The second-order valence-corrected chi connectivity index (χ2v) is 9.70. The SMILES string of the molecule is CC(C)(C)N1CCC(n2nc(-c3ccc(Oc4ccccc4)c(F)c3)c3c(N)ncnc32)CC1. The first-order chi connectivity index (χ1) is 16.3. The van der Waals surface area contributed by atoms with E-state index >= 15 is 4.39 Å². The summed E-state index contributed by atoms with van der Waals surface area (Å²) in [5.41, 5.74) is 8.26. The van der Waals surface area contributed by atoms with Crippen LogP contribution in [-0.2, 0) is 0 Å². The maximum Gasteiger partial charge on any atom is 0.166 e. The lowest BCUT2D eigenvalue weighted by molar-refractivity contribution is 0.0880. The molecular formula is C26H29FN6O. The van der Waals surface area contributed by atoms with Crippen molar-refractivity contribution in [3.63, 3.8) is 0 Å². The number of halogens is 1. The van der Waals surface area contributed by atoms with Crippen molar-refractivity contribution < 1.29 is 9.13 Å². The number of anilines is 1. The van der Waals surface area contributed by atoms with Crippen LogP contribution in [0.15, 0.2) is 54.9 Å². The number of likely N-dealkylation sites (tertiary alicyclic amines) is 1. The molecule has 1 fully saturated rings. The normalized spacial score (nSPS) is 15.6. The second-order valence-electron chi connectivity index (χ2n) is 9.70. The lowest BCUT2D eigenvalue weighted by Gasteiger charge is -2.40. The minimum absolute atomic E-state index is 0.135. The van der Waals surface area contributed by atoms with Gasteiger partial charge in [0.05, 0.1) is 11.4 Å². The summed E-state index contributed by atoms with van der Waals surface area (Å²) >= 11 is 0. The van der Waals surface area contributed by atoms with Gasteiger partial charge in [0.25, 0.3) is 0 Å². The van der Waals surface area contributed by atoms with Crippen LogP contribution in [0.4, 0.5) is 10.2 Å². The summed E-state index contributed by atoms with van der Waals surface area (Å²) in [5, 5.41) is 5.54. The van der Waals surface area contributed by atoms with Gasteiger partial charge in [-0.3, -0.25) is 4.90 Å². The van der Waals surface area contributed by atoms with Gasteiger partial charge in [0.2, 0.25) is 0 Å². The van der Waals surface area contributed by atoms with Crippen LogP contribution in [0.25, 0.3) is 22.3 Å². The number of hydrogen-bond acceptors (Lipinski definition) is 6. The molecule has 2 N–H and O–H groups in total. The van der Waals surface area contributed by atoms with E-state index in [4.69, 9.17) is 15.6 Å². The molecule has 1 saturated heterocycles. The van der Waals surface area contributed by atoms with Crippen molar-refractivity contribution >= 4 is 16.9 Å². The number of benzene rings is 2. The molecule has 4 aromatic rings. The molecule has 5 rings (SSSR count). The highest BCUT2D eigenvalue weighted by molar-refractivity contribution is 5.98. The fourth-order valence-corrected chi connectivity index (χ4v) is 4.58. The fourth-order valence-electron chi connectivity index (χ4n) is 4.58. The highest BCUT2D eigenvalue weighted by Crippen LogP contribution is 2.36. The molecule has 176 valence electrons. The Hall–Kier alpha value is -3.52. The molecule has 34 heavy (non-hydrogen) atoms. The monoisotopic (exact) mass is 460 g/mol. The highest BCUT2D eigenvalue weighted by atomic mass is 19.1. The van der Waals surface area contributed by atoms with Crippen molar-refractivity contribution in [1.29, 1.82) is 0 Å². The molecule has 1 aliphatic rings. The molecule has 0 spiro atoms. The number of nitrogens with two attached hydrogens (primary N) is 1. The zero-order valence-electron chi connectivity index (χ0n) is 19.7. The van der Waals surface area contributed by atoms with Crippen LogP contribution in [0.1, 0.15) is 39.7 Å². The predicted molar refractivity (Wildman–Crippen MR) is 131 cm³/mol. The molecule has 0 unspecified atom stereocenters. The Labute approximate surface area is 198 Å². The van der Waals surface area contributed by atoms with Crippen LogP contribution in [0.3, 0.4) is 0 Å². The summed E-state index contributed by atoms with van der Waals surface area (Å²) in [6.45, 7) is 8.67. The maximum absolute atomic E-state index is 15.0. The number of para-hydroxylation sites is 1. The van der Waals surface area contributed by atoms with Gasteiger partial charge in [0.1, 0.15) is 23.6 Å². The molecule has 3 heterocycles. The van der Waals surface area contributed by atoms with Gasteiger partial charge in [0.15, 0.2) is 17.2 Å². The quantitative estimate of drug-likeness (QED) is 0.437. The smallest absolute Gasteiger partial charge is 0.166 e. The Morgan fingerprint density at radius 1 is 1.03 bits per heavy atom. The molecule has 2 aromatic carbocycles. The molecule has 0 amide bonds. The fraction of sp³-hybridized carbons (Fsp3) is 0.346. The van der Waals surface area contributed by atoms with Crippen LogP contribution in [0.5, 0.6) is 11.5 Å². The second kappa shape index (κ2) is 8.68. The number of ether oxygens (including phenoxy) is 1. The van der Waals surface area contributed by atoms with Gasteiger partial charge in [-0.25, -0.2) is 19.0 Å². The third-order valence-corrected chi connectivity index (χ3v) is 6.45. The van der Waals surface area contributed by atoms with Crippen molar-refractivity contribution in [2.75, 3.05) is 18.8 Å². The first-order valence-electron chi connectivity index (χ1n) is 11.6. The standard InChI is InChI=1S/C26H29FN6O/c1-26(2,3)32-13-11-18(12-14-32)33-25-22(24(28)29-16-30-25)23(31-33)17-9-10-21(20(27)15-17)34-19-7-5-4-6-8-19/h4-10,15-16,18H,11-14H2,1-3H3,(H2,28,29,30). The summed E-state index contributed by atoms with van der Waals surface area (Å²) in [7, 11) is 0. The van der Waals surface area contributed by atoms with E-state index in [1.807, 2.05) is 22.9 Å². The number of piperidine rings is 1. The van der Waals surface area contributed by atoms with Crippen LogP contribution in [0.2, 0.25) is 0 Å². The van der Waals surface area contributed by atoms with E-state index in [1.165, 1.54) is 12.4 Å². The topological polar surface area (TPSA) is 82.1 Å². The number of rotatable bonds is 4. The first kappa shape index (κ1) is 22.3. The Kier molecular flexibility index (Phi) is 5.69. The Balaban J connectivity index is 1.49. The van der Waals surface area contributed by atoms with Crippen LogP contribution in [-0.4, -0.2) is 43.3 Å². The summed E-state index contributed by atoms with van der Waals surface area (Å²) in [5.74, 6) is 0.585. The van der Waals surface area contributed by atoms with E-state index in [9.17, 15) is 0 Å². The third kappa shape index (κ3) is 4.21. The van der Waals surface area contributed by atoms with E-state index in [-0.39, 0.29) is 17.3 Å². The van der Waals surface area contributed by atoms with Gasteiger partial charge in [-0.2, -0.15) is 5.10 Å². The number of fused-ring (bicyclic) bond motifs is 1. The third-order valence-electron chi connectivity index (χ3n) is 6.45. The zero-order chi connectivity index (χ0) is 23.9. The van der Waals surface area contributed by atoms with Gasteiger partial charge in [-0.15, -0.1) is 0 Å². The molecular weight excluding hydrogens is 431 g/mol. The minimum atomic E-state index is -0.474. The van der Waals surface area contributed by atoms with Crippen molar-refractivity contribution in [2.45, 2.75) is 45.2 Å². The van der Waals surface area contributed by atoms with E-state index in [1.54, 1.807) is 24.3 Å². The van der Waals surface area contributed by atoms with E-state index in [2.05, 4.69) is 35.6 Å². The lowest BCUT2D eigenvalue weighted by Crippen LogP contribution is -2.46. The molecule has 0 atom stereocenters. The molecule has 1 aliphatic heterocycles. The Morgan fingerprint density at radius 3 is 2.44 bits per heavy atom. The number of hydrogen-bond donors (Lipinski definition) is 1. The van der Waals surface area contributed by atoms with Crippen molar-refractivity contribution in [1.82, 2.24) is 24.6 Å². The summed E-state index contributed by atoms with van der Waals surface area (Å²) < 4.78 is 22.7. The Bertz CT molecular complexity index is 1310. The van der Waals surface area contributed by atoms with Gasteiger partial charge in [0, 0.05) is 24.2 Å². The minimum Gasteiger partial charge on any atom is -0.454 e. The van der Waals surface area contributed by atoms with Gasteiger partial charge >= 0.3 is 0 Å². The lowest BCUT2D eigenvalue weighted by atomic mass is 9.98. The average molecular weight is 461 g/mol. The van der Waals surface area contributed by atoms with E-state index in [0.717, 1.165) is 25.9 Å². The molecule has 0 saturated carbocycles. The number of aromatic nitrogens is 4. The molecule has 0 radical (unpaired) electrons. The zero-order valence-corrected chi connectivity index (χ0v) is 19.7. The van der Waals surface area contributed by atoms with E-state index < -0.39 is 5.82 Å². The maximum atomic E-state index is 15.0. The van der Waals surface area contributed by atoms with Gasteiger partial charge in [-0.1, -0.05) is 18.2 Å². The molecule has 7 nitrogen and oxygen atoms in total. The van der Waals surface area contributed by atoms with Crippen molar-refractivity contribution in [3.8, 4) is 22.8 Å². The largest absolute Gasteiger partial charge is 0.454 e.